The topological polar surface area (TPSA) is 67.8 Å². The third kappa shape index (κ3) is 8.55. The summed E-state index contributed by atoms with van der Waals surface area (Å²) in [6, 6.07) is 16.9. The van der Waals surface area contributed by atoms with Crippen LogP contribution in [0, 0.1) is 0 Å². The second kappa shape index (κ2) is 12.2. The number of phenols is 1. The van der Waals surface area contributed by atoms with Gasteiger partial charge in [-0.1, -0.05) is 42.5 Å². The van der Waals surface area contributed by atoms with Crippen molar-refractivity contribution in [3.05, 3.63) is 65.7 Å². The lowest BCUT2D eigenvalue weighted by Gasteiger charge is -2.20. The first kappa shape index (κ1) is 21.9. The molecule has 2 rings (SSSR count). The normalized spacial score (nSPS) is 13.1. The lowest BCUT2D eigenvalue weighted by molar-refractivity contribution is -0.122. The van der Waals surface area contributed by atoms with Gasteiger partial charge in [0, 0.05) is 13.0 Å². The Bertz CT molecular complexity index is 688. The summed E-state index contributed by atoms with van der Waals surface area (Å²) >= 11 is 0. The predicted octanol–water partition coefficient (Wildman–Crippen LogP) is 3.49. The molecule has 0 aliphatic heterocycles. The van der Waals surface area contributed by atoms with E-state index in [9.17, 15) is 9.90 Å². The number of aryl methyl sites for hydroxylation is 1. The van der Waals surface area contributed by atoms with Crippen molar-refractivity contribution in [1.82, 2.24) is 5.32 Å². The number of rotatable bonds is 12. The van der Waals surface area contributed by atoms with Crippen LogP contribution in [-0.4, -0.2) is 43.0 Å². The Morgan fingerprint density at radius 1 is 1.04 bits per heavy atom. The number of benzene rings is 2. The number of carbonyl (C=O) groups excluding carboxylic acids is 1. The number of hydrogen-bond donors (Lipinski definition) is 2. The van der Waals surface area contributed by atoms with Gasteiger partial charge in [-0.15, -0.1) is 0 Å². The molecule has 152 valence electrons. The predicted molar refractivity (Wildman–Crippen MR) is 110 cm³/mol. The van der Waals surface area contributed by atoms with Crippen LogP contribution in [0.4, 0.5) is 0 Å². The third-order valence-corrected chi connectivity index (χ3v) is 4.39. The number of ether oxygens (including phenoxy) is 2. The summed E-state index contributed by atoms with van der Waals surface area (Å²) < 4.78 is 11.3. The van der Waals surface area contributed by atoms with Crippen LogP contribution in [0.5, 0.6) is 5.75 Å². The van der Waals surface area contributed by atoms with Gasteiger partial charge in [-0.25, -0.2) is 0 Å². The molecule has 2 aromatic carbocycles. The fourth-order valence-corrected chi connectivity index (χ4v) is 2.98. The Balaban J connectivity index is 1.88. The molecule has 0 bridgehead atoms. The van der Waals surface area contributed by atoms with Crippen molar-refractivity contribution < 1.29 is 19.4 Å². The molecule has 2 aromatic rings. The Labute approximate surface area is 167 Å². The Morgan fingerprint density at radius 2 is 1.75 bits per heavy atom. The molecule has 0 radical (unpaired) electrons. The highest BCUT2D eigenvalue weighted by atomic mass is 16.5. The lowest BCUT2D eigenvalue weighted by atomic mass is 10.1. The van der Waals surface area contributed by atoms with E-state index in [2.05, 4.69) is 5.32 Å². The summed E-state index contributed by atoms with van der Waals surface area (Å²) in [6.07, 6.45) is 1.81. The molecule has 2 atom stereocenters. The summed E-state index contributed by atoms with van der Waals surface area (Å²) in [6.45, 7) is 5.47. The molecule has 2 N–H and O–H groups in total. The van der Waals surface area contributed by atoms with Crippen LogP contribution in [-0.2, 0) is 27.1 Å². The van der Waals surface area contributed by atoms with Gasteiger partial charge in [-0.3, -0.25) is 4.79 Å². The first-order valence-electron chi connectivity index (χ1n) is 9.87. The molecular formula is C23H31NO4. The Hall–Kier alpha value is -2.37. The van der Waals surface area contributed by atoms with Gasteiger partial charge in [0.2, 0.25) is 5.91 Å². The van der Waals surface area contributed by atoms with Crippen molar-refractivity contribution >= 4 is 5.91 Å². The second-order valence-corrected chi connectivity index (χ2v) is 6.92. The van der Waals surface area contributed by atoms with Crippen LogP contribution in [0.3, 0.4) is 0 Å². The first-order valence-corrected chi connectivity index (χ1v) is 9.87. The number of phenolic OH excluding ortho intramolecular Hbond substituents is 1. The molecule has 5 nitrogen and oxygen atoms in total. The molecule has 0 aliphatic carbocycles. The molecule has 0 fully saturated rings. The maximum absolute atomic E-state index is 12.4. The van der Waals surface area contributed by atoms with E-state index in [0.717, 1.165) is 11.1 Å². The summed E-state index contributed by atoms with van der Waals surface area (Å²) in [7, 11) is 0. The zero-order chi connectivity index (χ0) is 20.2. The van der Waals surface area contributed by atoms with Crippen LogP contribution < -0.4 is 5.32 Å². The molecule has 0 aliphatic rings. The lowest BCUT2D eigenvalue weighted by Crippen LogP contribution is -2.40. The minimum Gasteiger partial charge on any atom is -0.508 e. The molecule has 0 saturated heterocycles. The standard InChI is InChI=1S/C23H31NO4/c1-3-28-18(2)16-27-17-21(15-20-9-12-22(25)13-10-20)24-23(26)14-11-19-7-5-4-6-8-19/h4-10,12-13,18,21,25H,3,11,14-17H2,1-2H3,(H,24,26)/t18-,21-/m0/s1. The maximum Gasteiger partial charge on any atom is 0.220 e. The third-order valence-electron chi connectivity index (χ3n) is 4.39. The zero-order valence-corrected chi connectivity index (χ0v) is 16.8. The van der Waals surface area contributed by atoms with Gasteiger partial charge in [0.15, 0.2) is 0 Å². The van der Waals surface area contributed by atoms with Crippen molar-refractivity contribution in [3.63, 3.8) is 0 Å². The smallest absolute Gasteiger partial charge is 0.220 e. The van der Waals surface area contributed by atoms with E-state index in [0.29, 0.717) is 39.1 Å². The molecule has 0 saturated carbocycles. The molecule has 28 heavy (non-hydrogen) atoms. The molecule has 5 heteroatoms. The fraction of sp³-hybridized carbons (Fsp3) is 0.435. The van der Waals surface area contributed by atoms with Crippen LogP contribution >= 0.6 is 0 Å². The van der Waals surface area contributed by atoms with Gasteiger partial charge in [0.1, 0.15) is 5.75 Å². The average molecular weight is 386 g/mol. The van der Waals surface area contributed by atoms with Crippen molar-refractivity contribution in [2.45, 2.75) is 45.3 Å². The summed E-state index contributed by atoms with van der Waals surface area (Å²) in [5, 5.41) is 12.5. The molecule has 1 amide bonds. The van der Waals surface area contributed by atoms with Gasteiger partial charge < -0.3 is 19.9 Å². The minimum atomic E-state index is -0.137. The van der Waals surface area contributed by atoms with E-state index in [1.165, 1.54) is 0 Å². The van der Waals surface area contributed by atoms with E-state index in [4.69, 9.17) is 9.47 Å². The van der Waals surface area contributed by atoms with E-state index in [1.807, 2.05) is 56.3 Å². The summed E-state index contributed by atoms with van der Waals surface area (Å²) in [4.78, 5) is 12.4. The molecular weight excluding hydrogens is 354 g/mol. The molecule has 0 heterocycles. The van der Waals surface area contributed by atoms with Crippen LogP contribution in [0.25, 0.3) is 0 Å². The average Bonchev–Trinajstić information content (AvgIpc) is 2.69. The fourth-order valence-electron chi connectivity index (χ4n) is 2.98. The minimum absolute atomic E-state index is 0.00841. The highest BCUT2D eigenvalue weighted by Crippen LogP contribution is 2.12. The molecule has 0 unspecified atom stereocenters. The Morgan fingerprint density at radius 3 is 2.43 bits per heavy atom. The molecule has 0 aromatic heterocycles. The van der Waals surface area contributed by atoms with Gasteiger partial charge in [-0.05, 0) is 49.9 Å². The van der Waals surface area contributed by atoms with Crippen molar-refractivity contribution in [1.29, 1.82) is 0 Å². The summed E-state index contributed by atoms with van der Waals surface area (Å²) in [5.41, 5.74) is 2.18. The SMILES string of the molecule is CCO[C@@H](C)COC[C@H](Cc1ccc(O)cc1)NC(=O)CCc1ccccc1. The van der Waals surface area contributed by atoms with Gasteiger partial charge in [-0.2, -0.15) is 0 Å². The van der Waals surface area contributed by atoms with Crippen LogP contribution in [0.2, 0.25) is 0 Å². The van der Waals surface area contributed by atoms with Crippen molar-refractivity contribution in [2.24, 2.45) is 0 Å². The number of nitrogens with one attached hydrogen (secondary N) is 1. The van der Waals surface area contributed by atoms with Crippen LogP contribution in [0.15, 0.2) is 54.6 Å². The van der Waals surface area contributed by atoms with Gasteiger partial charge in [0.25, 0.3) is 0 Å². The van der Waals surface area contributed by atoms with E-state index >= 15 is 0 Å². The summed E-state index contributed by atoms with van der Waals surface area (Å²) in [5.74, 6) is 0.239. The van der Waals surface area contributed by atoms with E-state index in [1.54, 1.807) is 12.1 Å². The van der Waals surface area contributed by atoms with E-state index < -0.39 is 0 Å². The van der Waals surface area contributed by atoms with Crippen molar-refractivity contribution in [2.75, 3.05) is 19.8 Å². The second-order valence-electron chi connectivity index (χ2n) is 6.92. The monoisotopic (exact) mass is 385 g/mol. The number of hydrogen-bond acceptors (Lipinski definition) is 4. The molecule has 0 spiro atoms. The first-order chi connectivity index (χ1) is 13.6. The quantitative estimate of drug-likeness (QED) is 0.587. The highest BCUT2D eigenvalue weighted by molar-refractivity contribution is 5.76. The van der Waals surface area contributed by atoms with Crippen LogP contribution in [0.1, 0.15) is 31.4 Å². The zero-order valence-electron chi connectivity index (χ0n) is 16.8. The number of aromatic hydroxyl groups is 1. The van der Waals surface area contributed by atoms with Gasteiger partial charge >= 0.3 is 0 Å². The number of amides is 1. The van der Waals surface area contributed by atoms with E-state index in [-0.39, 0.29) is 23.8 Å². The van der Waals surface area contributed by atoms with Gasteiger partial charge in [0.05, 0.1) is 25.4 Å². The largest absolute Gasteiger partial charge is 0.508 e. The number of carbonyl (C=O) groups is 1. The highest BCUT2D eigenvalue weighted by Gasteiger charge is 2.15. The maximum atomic E-state index is 12.4. The van der Waals surface area contributed by atoms with Crippen molar-refractivity contribution in [3.8, 4) is 5.75 Å². The Kier molecular flexibility index (Phi) is 9.52.